The molecule has 2 aromatic heterocycles. The third-order valence-electron chi connectivity index (χ3n) is 5.26. The molecule has 1 aliphatic rings. The van der Waals surface area contributed by atoms with Crippen LogP contribution in [0.25, 0.3) is 5.69 Å². The molecule has 1 aromatic carbocycles. The molecule has 0 unspecified atom stereocenters. The number of aryl methyl sites for hydroxylation is 2. The van der Waals surface area contributed by atoms with Gasteiger partial charge in [-0.05, 0) is 38.5 Å². The third kappa shape index (κ3) is 4.15. The molecule has 0 radical (unpaired) electrons. The van der Waals surface area contributed by atoms with Crippen LogP contribution in [0.15, 0.2) is 35.6 Å². The Kier molecular flexibility index (Phi) is 6.24. The Morgan fingerprint density at radius 3 is 2.67 bits per heavy atom. The normalized spacial score (nSPS) is 14.2. The molecule has 0 N–H and O–H groups in total. The highest BCUT2D eigenvalue weighted by Crippen LogP contribution is 2.32. The van der Waals surface area contributed by atoms with Gasteiger partial charge in [0.1, 0.15) is 5.75 Å². The fourth-order valence-corrected chi connectivity index (χ4v) is 4.64. The molecule has 0 spiro atoms. The first kappa shape index (κ1) is 20.7. The Bertz CT molecular complexity index is 1030. The first-order chi connectivity index (χ1) is 14.6. The van der Waals surface area contributed by atoms with Gasteiger partial charge in [0.2, 0.25) is 5.95 Å². The maximum absolute atomic E-state index is 5.56. The fourth-order valence-electron chi connectivity index (χ4n) is 3.67. The molecule has 3 aromatic rings. The Balaban J connectivity index is 1.67. The van der Waals surface area contributed by atoms with Crippen molar-refractivity contribution in [3.63, 3.8) is 0 Å². The summed E-state index contributed by atoms with van der Waals surface area (Å²) in [5, 5.41) is 9.93. The van der Waals surface area contributed by atoms with Crippen molar-refractivity contribution in [1.29, 1.82) is 0 Å². The summed E-state index contributed by atoms with van der Waals surface area (Å²) in [5.41, 5.74) is 5.37. The van der Waals surface area contributed by atoms with Gasteiger partial charge >= 0.3 is 0 Å². The fraction of sp³-hybridized carbons (Fsp3) is 0.409. The van der Waals surface area contributed by atoms with Crippen molar-refractivity contribution >= 4 is 17.7 Å². The van der Waals surface area contributed by atoms with Crippen LogP contribution in [0.5, 0.6) is 5.75 Å². The second-order valence-corrected chi connectivity index (χ2v) is 8.33. The van der Waals surface area contributed by atoms with E-state index < -0.39 is 0 Å². The lowest BCUT2D eigenvalue weighted by molar-refractivity contribution is 0.122. The third-order valence-corrected chi connectivity index (χ3v) is 6.20. The summed E-state index contributed by atoms with van der Waals surface area (Å²) < 4.78 is 13.2. The Morgan fingerprint density at radius 1 is 1.13 bits per heavy atom. The highest BCUT2D eigenvalue weighted by atomic mass is 32.2. The van der Waals surface area contributed by atoms with Crippen molar-refractivity contribution in [2.45, 2.75) is 31.7 Å². The van der Waals surface area contributed by atoms with Crippen molar-refractivity contribution in [2.75, 3.05) is 38.3 Å². The smallest absolute Gasteiger partial charge is 0.232 e. The van der Waals surface area contributed by atoms with E-state index in [1.807, 2.05) is 13.1 Å². The van der Waals surface area contributed by atoms with Crippen molar-refractivity contribution in [1.82, 2.24) is 19.7 Å². The van der Waals surface area contributed by atoms with E-state index in [1.54, 1.807) is 18.9 Å². The van der Waals surface area contributed by atoms with E-state index in [-0.39, 0.29) is 0 Å². The monoisotopic (exact) mass is 425 g/mol. The molecule has 3 heterocycles. The van der Waals surface area contributed by atoms with Gasteiger partial charge in [0, 0.05) is 36.2 Å². The van der Waals surface area contributed by atoms with E-state index in [0.29, 0.717) is 19.0 Å². The van der Waals surface area contributed by atoms with Gasteiger partial charge < -0.3 is 14.4 Å². The first-order valence-electron chi connectivity index (χ1n) is 10.1. The van der Waals surface area contributed by atoms with Crippen LogP contribution in [0, 0.1) is 20.8 Å². The van der Waals surface area contributed by atoms with Crippen molar-refractivity contribution < 1.29 is 9.47 Å². The van der Waals surface area contributed by atoms with E-state index in [9.17, 15) is 0 Å². The number of morpholine rings is 1. The second-order valence-electron chi connectivity index (χ2n) is 7.39. The molecule has 4 rings (SSSR count). The molecule has 8 heteroatoms. The summed E-state index contributed by atoms with van der Waals surface area (Å²) in [7, 11) is 1.70. The molecule has 1 fully saturated rings. The minimum Gasteiger partial charge on any atom is -0.496 e. The van der Waals surface area contributed by atoms with Crippen LogP contribution in [-0.2, 0) is 10.5 Å². The maximum Gasteiger partial charge on any atom is 0.232 e. The molecule has 0 saturated carbocycles. The molecule has 158 valence electrons. The summed E-state index contributed by atoms with van der Waals surface area (Å²) >= 11 is 1.64. The molecule has 0 atom stereocenters. The van der Waals surface area contributed by atoms with Crippen LogP contribution in [0.3, 0.4) is 0 Å². The molecule has 1 aliphatic heterocycles. The average Bonchev–Trinajstić information content (AvgIpc) is 3.18. The zero-order valence-corrected chi connectivity index (χ0v) is 18.7. The van der Waals surface area contributed by atoms with Crippen LogP contribution < -0.4 is 9.64 Å². The summed E-state index contributed by atoms with van der Waals surface area (Å²) in [4.78, 5) is 6.87. The highest BCUT2D eigenvalue weighted by molar-refractivity contribution is 7.98. The number of hydrogen-bond acceptors (Lipinski definition) is 7. The number of nitrogens with zero attached hydrogens (tertiary/aromatic N) is 5. The van der Waals surface area contributed by atoms with Gasteiger partial charge in [-0.25, -0.2) is 0 Å². The Hall–Kier alpha value is -2.58. The first-order valence-corrected chi connectivity index (χ1v) is 11.0. The van der Waals surface area contributed by atoms with Crippen LogP contribution in [0.1, 0.15) is 22.4 Å². The lowest BCUT2D eigenvalue weighted by Gasteiger charge is -2.28. The number of rotatable bonds is 6. The van der Waals surface area contributed by atoms with Crippen LogP contribution in [-0.4, -0.2) is 53.2 Å². The van der Waals surface area contributed by atoms with Crippen molar-refractivity contribution in [3.8, 4) is 11.4 Å². The molecule has 30 heavy (non-hydrogen) atoms. The molecule has 0 aliphatic carbocycles. The number of aromatic nitrogens is 4. The van der Waals surface area contributed by atoms with Crippen molar-refractivity contribution in [2.24, 2.45) is 0 Å². The Morgan fingerprint density at radius 2 is 1.93 bits per heavy atom. The summed E-state index contributed by atoms with van der Waals surface area (Å²) in [6.45, 7) is 9.19. The largest absolute Gasteiger partial charge is 0.496 e. The Labute approximate surface area is 181 Å². The zero-order chi connectivity index (χ0) is 21.1. The van der Waals surface area contributed by atoms with Gasteiger partial charge in [0.15, 0.2) is 5.16 Å². The number of ether oxygens (including phenoxy) is 2. The summed E-state index contributed by atoms with van der Waals surface area (Å²) in [6.07, 6.45) is 1.87. The predicted molar refractivity (Wildman–Crippen MR) is 119 cm³/mol. The van der Waals surface area contributed by atoms with Crippen LogP contribution >= 0.6 is 11.8 Å². The van der Waals surface area contributed by atoms with Crippen LogP contribution in [0.2, 0.25) is 0 Å². The van der Waals surface area contributed by atoms with E-state index in [0.717, 1.165) is 52.5 Å². The lowest BCUT2D eigenvalue weighted by Crippen LogP contribution is -2.37. The molecular formula is C22H27N5O2S. The number of thioether (sulfide) groups is 1. The van der Waals surface area contributed by atoms with E-state index in [2.05, 4.69) is 62.8 Å². The molecular weight excluding hydrogens is 398 g/mol. The quantitative estimate of drug-likeness (QED) is 0.558. The van der Waals surface area contributed by atoms with Gasteiger partial charge in [-0.3, -0.25) is 9.55 Å². The number of pyridine rings is 1. The second kappa shape index (κ2) is 9.06. The number of methoxy groups -OCH3 is 1. The van der Waals surface area contributed by atoms with Crippen molar-refractivity contribution in [3.05, 3.63) is 52.8 Å². The topological polar surface area (TPSA) is 65.3 Å². The average molecular weight is 426 g/mol. The van der Waals surface area contributed by atoms with Gasteiger partial charge in [-0.1, -0.05) is 23.9 Å². The van der Waals surface area contributed by atoms with Gasteiger partial charge in [-0.2, -0.15) is 0 Å². The van der Waals surface area contributed by atoms with Gasteiger partial charge in [-0.15, -0.1) is 10.2 Å². The zero-order valence-electron chi connectivity index (χ0n) is 17.9. The number of anilines is 1. The molecule has 0 bridgehead atoms. The number of hydrogen-bond donors (Lipinski definition) is 0. The standard InChI is InChI=1S/C22H27N5O2S/c1-15-6-5-7-18(12-15)27-21(26-8-10-29-11-9-26)24-25-22(27)30-14-19-17(3)20(28-4)16(2)13-23-19/h5-7,12-13H,8-11,14H2,1-4H3. The van der Waals surface area contributed by atoms with Gasteiger partial charge in [0.25, 0.3) is 0 Å². The minimum atomic E-state index is 0.690. The molecule has 7 nitrogen and oxygen atoms in total. The van der Waals surface area contributed by atoms with E-state index in [1.165, 1.54) is 5.56 Å². The summed E-state index contributed by atoms with van der Waals surface area (Å²) in [5.74, 6) is 2.45. The van der Waals surface area contributed by atoms with E-state index >= 15 is 0 Å². The van der Waals surface area contributed by atoms with Crippen LogP contribution in [0.4, 0.5) is 5.95 Å². The molecule has 0 amide bonds. The SMILES string of the molecule is COc1c(C)cnc(CSc2nnc(N3CCOCC3)n2-c2cccc(C)c2)c1C. The minimum absolute atomic E-state index is 0.690. The molecule has 1 saturated heterocycles. The van der Waals surface area contributed by atoms with Gasteiger partial charge in [0.05, 0.1) is 31.7 Å². The maximum atomic E-state index is 5.56. The van der Waals surface area contributed by atoms with E-state index in [4.69, 9.17) is 9.47 Å². The lowest BCUT2D eigenvalue weighted by atomic mass is 10.1. The number of benzene rings is 1. The summed E-state index contributed by atoms with van der Waals surface area (Å²) in [6, 6.07) is 8.43. The highest BCUT2D eigenvalue weighted by Gasteiger charge is 2.22. The predicted octanol–water partition coefficient (Wildman–Crippen LogP) is 3.73.